The fraction of sp³-hybridized carbons (Fsp3) is 0.580. The van der Waals surface area contributed by atoms with Crippen LogP contribution in [0.5, 0.6) is 0 Å². The lowest BCUT2D eigenvalue weighted by Crippen LogP contribution is -2.55. The van der Waals surface area contributed by atoms with E-state index in [1.54, 1.807) is 29.8 Å². The van der Waals surface area contributed by atoms with Crippen LogP contribution in [0.1, 0.15) is 120 Å². The Morgan fingerprint density at radius 3 is 2.47 bits per heavy atom. The molecule has 2 N–H and O–H groups in total. The molecule has 4 fully saturated rings. The van der Waals surface area contributed by atoms with Crippen molar-refractivity contribution in [3.8, 4) is 0 Å². The third-order valence-corrected chi connectivity index (χ3v) is 15.7. The Morgan fingerprint density at radius 2 is 1.73 bits per heavy atom. The number of nitrogens with zero attached hydrogens (tertiary/aromatic N) is 1. The number of nitrogens with one attached hydrogen (secondary N) is 2. The maximum Gasteiger partial charge on any atom is 0.242 e. The van der Waals surface area contributed by atoms with Crippen LogP contribution in [-0.2, 0) is 30.3 Å². The van der Waals surface area contributed by atoms with Gasteiger partial charge in [0.2, 0.25) is 11.8 Å². The van der Waals surface area contributed by atoms with Gasteiger partial charge < -0.3 is 20.2 Å². The second-order valence-corrected chi connectivity index (χ2v) is 19.2. The van der Waals surface area contributed by atoms with E-state index in [9.17, 15) is 24.0 Å². The molecule has 9 nitrogen and oxygen atoms in total. The molecule has 4 aliphatic carbocycles. The Labute approximate surface area is 350 Å². The van der Waals surface area contributed by atoms with Crippen LogP contribution in [-0.4, -0.2) is 77.5 Å². The van der Waals surface area contributed by atoms with Crippen molar-refractivity contribution in [2.75, 3.05) is 19.6 Å². The molecular formula is C50H63N3O6. The van der Waals surface area contributed by atoms with Gasteiger partial charge >= 0.3 is 0 Å². The number of carbonyl (C=O) groups is 5. The zero-order valence-electron chi connectivity index (χ0n) is 35.7. The van der Waals surface area contributed by atoms with E-state index in [1.807, 2.05) is 30.3 Å². The number of rotatable bonds is 12. The van der Waals surface area contributed by atoms with Crippen molar-refractivity contribution >= 4 is 29.2 Å². The molecule has 2 aliphatic heterocycles. The van der Waals surface area contributed by atoms with E-state index < -0.39 is 6.04 Å². The summed E-state index contributed by atoms with van der Waals surface area (Å²) in [6, 6.07) is 15.7. The van der Waals surface area contributed by atoms with Crippen LogP contribution >= 0.6 is 0 Å². The van der Waals surface area contributed by atoms with Gasteiger partial charge in [-0.3, -0.25) is 24.1 Å². The fourth-order valence-corrected chi connectivity index (χ4v) is 12.6. The number of hydrogen-bond acceptors (Lipinski definition) is 7. The highest BCUT2D eigenvalue weighted by Gasteiger charge is 2.61. The zero-order chi connectivity index (χ0) is 41.6. The number of ether oxygens (including phenoxy) is 1. The second-order valence-electron chi connectivity index (χ2n) is 19.2. The highest BCUT2D eigenvalue weighted by molar-refractivity contribution is 6.09. The molecule has 2 aromatic carbocycles. The molecule has 0 aromatic heterocycles. The quantitative estimate of drug-likeness (QED) is 0.170. The van der Waals surface area contributed by atoms with Crippen LogP contribution in [0.2, 0.25) is 0 Å². The first-order valence-corrected chi connectivity index (χ1v) is 22.4. The summed E-state index contributed by atoms with van der Waals surface area (Å²) >= 11 is 0. The highest BCUT2D eigenvalue weighted by Crippen LogP contribution is 2.65. The molecule has 0 radical (unpaired) electrons. The van der Waals surface area contributed by atoms with Crippen LogP contribution in [0.3, 0.4) is 0 Å². The van der Waals surface area contributed by atoms with Crippen LogP contribution in [0.25, 0.3) is 0 Å². The summed E-state index contributed by atoms with van der Waals surface area (Å²) in [6.07, 6.45) is 10.8. The number of likely N-dealkylation sites (tertiary alicyclic amines) is 1. The lowest BCUT2D eigenvalue weighted by atomic mass is 9.57. The Kier molecular flexibility index (Phi) is 11.7. The summed E-state index contributed by atoms with van der Waals surface area (Å²) in [5.74, 6) is 2.25. The number of carbonyl (C=O) groups excluding carboxylic acids is 5. The van der Waals surface area contributed by atoms with Gasteiger partial charge in [-0.2, -0.15) is 0 Å². The summed E-state index contributed by atoms with van der Waals surface area (Å²) in [4.78, 5) is 66.5. The van der Waals surface area contributed by atoms with Crippen LogP contribution in [0.15, 0.2) is 77.4 Å². The number of piperidine rings is 1. The van der Waals surface area contributed by atoms with E-state index in [2.05, 4.69) is 49.3 Å². The summed E-state index contributed by atoms with van der Waals surface area (Å²) in [7, 11) is 0. The van der Waals surface area contributed by atoms with E-state index in [1.165, 1.54) is 18.1 Å². The molecule has 2 saturated heterocycles. The normalized spacial score (nSPS) is 33.0. The predicted octanol–water partition coefficient (Wildman–Crippen LogP) is 7.37. The summed E-state index contributed by atoms with van der Waals surface area (Å²) < 4.78 is 7.35. The molecule has 2 heterocycles. The molecule has 1 unspecified atom stereocenters. The molecule has 2 amide bonds. The Bertz CT molecular complexity index is 2040. The Hall–Kier alpha value is -4.21. The van der Waals surface area contributed by atoms with Gasteiger partial charge in [-0.25, -0.2) is 0 Å². The van der Waals surface area contributed by atoms with E-state index in [4.69, 9.17) is 4.74 Å². The number of amides is 2. The third-order valence-electron chi connectivity index (χ3n) is 15.7. The van der Waals surface area contributed by atoms with Gasteiger partial charge in [0, 0.05) is 74.8 Å². The molecule has 59 heavy (non-hydrogen) atoms. The molecule has 1 spiro atoms. The number of allylic oxidation sites excluding steroid dienone is 3. The third kappa shape index (κ3) is 7.94. The van der Waals surface area contributed by atoms with E-state index >= 15 is 0 Å². The largest absolute Gasteiger partial charge is 0.365 e. The van der Waals surface area contributed by atoms with Crippen LogP contribution in [0, 0.1) is 35.0 Å². The van der Waals surface area contributed by atoms with Crippen molar-refractivity contribution in [1.29, 1.82) is 0 Å². The van der Waals surface area contributed by atoms with Crippen molar-refractivity contribution in [1.82, 2.24) is 15.5 Å². The molecule has 2 aromatic rings. The SMILES string of the molecule is CC(=O)CCC(=O)N[C@@H](Cc1ccc(C(=O)c2ccccc2)cc1)C(=O)NCCN1C[C@@H](C)C[C@H]2OC3(CC[C@@H]4C(=C3C)C[C@H]3[C@H]4CC=C4CC(=O)CC[C@@]43C)[C@H](C)[C@@H]21. The lowest BCUT2D eigenvalue weighted by Gasteiger charge is -2.47. The minimum Gasteiger partial charge on any atom is -0.365 e. The van der Waals surface area contributed by atoms with Crippen LogP contribution < -0.4 is 10.6 Å². The molecule has 314 valence electrons. The topological polar surface area (TPSA) is 122 Å². The number of hydrogen-bond donors (Lipinski definition) is 2. The molecular weight excluding hydrogens is 739 g/mol. The second kappa shape index (κ2) is 16.7. The predicted molar refractivity (Wildman–Crippen MR) is 227 cm³/mol. The maximum absolute atomic E-state index is 13.9. The molecule has 0 bridgehead atoms. The zero-order valence-corrected chi connectivity index (χ0v) is 35.7. The number of ketones is 3. The van der Waals surface area contributed by atoms with Gasteiger partial charge in [0.25, 0.3) is 0 Å². The van der Waals surface area contributed by atoms with Crippen molar-refractivity contribution in [2.24, 2.45) is 35.0 Å². The molecule has 10 atom stereocenters. The van der Waals surface area contributed by atoms with Gasteiger partial charge in [-0.1, -0.05) is 92.6 Å². The number of Topliss-reactive ketones (excluding diaryl/α,β-unsaturated/α-hetero) is 2. The molecule has 6 aliphatic rings. The van der Waals surface area contributed by atoms with E-state index in [0.717, 1.165) is 50.6 Å². The van der Waals surface area contributed by atoms with Crippen molar-refractivity contribution in [2.45, 2.75) is 129 Å². The minimum absolute atomic E-state index is 0.0217. The Balaban J connectivity index is 0.939. The number of benzene rings is 2. The van der Waals surface area contributed by atoms with E-state index in [-0.39, 0.29) is 65.8 Å². The fourth-order valence-electron chi connectivity index (χ4n) is 12.6. The Morgan fingerprint density at radius 1 is 0.983 bits per heavy atom. The molecule has 2 saturated carbocycles. The maximum atomic E-state index is 13.9. The average Bonchev–Trinajstić information content (AvgIpc) is 3.75. The summed E-state index contributed by atoms with van der Waals surface area (Å²) in [5, 5.41) is 6.05. The van der Waals surface area contributed by atoms with Crippen molar-refractivity contribution in [3.05, 3.63) is 94.1 Å². The first-order valence-electron chi connectivity index (χ1n) is 22.4. The van der Waals surface area contributed by atoms with Gasteiger partial charge in [0.1, 0.15) is 17.6 Å². The van der Waals surface area contributed by atoms with Gasteiger partial charge in [-0.05, 0) is 92.6 Å². The smallest absolute Gasteiger partial charge is 0.242 e. The number of fused-ring (bicyclic) bond motifs is 6. The molecule has 8 rings (SSSR count). The first kappa shape index (κ1) is 41.5. The summed E-state index contributed by atoms with van der Waals surface area (Å²) in [5.41, 5.74) is 6.35. The van der Waals surface area contributed by atoms with Gasteiger partial charge in [-0.15, -0.1) is 0 Å². The highest BCUT2D eigenvalue weighted by atomic mass is 16.5. The molecule has 9 heteroatoms. The minimum atomic E-state index is -0.836. The van der Waals surface area contributed by atoms with Crippen LogP contribution in [0.4, 0.5) is 0 Å². The average molecular weight is 802 g/mol. The van der Waals surface area contributed by atoms with Gasteiger partial charge in [0.15, 0.2) is 5.78 Å². The first-order chi connectivity index (χ1) is 28.3. The lowest BCUT2D eigenvalue weighted by molar-refractivity contribution is -0.129. The monoisotopic (exact) mass is 801 g/mol. The van der Waals surface area contributed by atoms with Crippen molar-refractivity contribution < 1.29 is 28.7 Å². The standard InChI is InChI=1S/C50H63N3O6/c1-30-25-44-46(33(4)50(59-44)22-20-39-40-17-16-37-27-38(55)19-21-49(37,5)42(40)28-41(39)32(50)3)53(29-30)24-23-51-48(58)43(52-45(56)18-11-31(2)54)26-34-12-14-36(15-13-34)47(57)35-9-7-6-8-10-35/h6-10,12-16,30,33,39-40,42-44,46H,11,17-29H2,1-5H3,(H,51,58)(H,52,56)/t30-,33+,39-,40-,42-,43-,44+,46-,49-,50?/m0/s1. The van der Waals surface area contributed by atoms with Gasteiger partial charge in [0.05, 0.1) is 11.7 Å². The van der Waals surface area contributed by atoms with E-state index in [0.29, 0.717) is 72.4 Å². The van der Waals surface area contributed by atoms with Crippen molar-refractivity contribution in [3.63, 3.8) is 0 Å². The summed E-state index contributed by atoms with van der Waals surface area (Å²) in [6.45, 7) is 13.0.